The molecule has 5 aliphatic rings. The van der Waals surface area contributed by atoms with E-state index < -0.39 is 41.2 Å². The fourth-order valence-corrected chi connectivity index (χ4v) is 14.6. The minimum atomic E-state index is -1.01. The first-order valence-electron chi connectivity index (χ1n) is 32.3. The van der Waals surface area contributed by atoms with Gasteiger partial charge in [-0.25, -0.2) is 5.06 Å². The van der Waals surface area contributed by atoms with E-state index >= 15 is 0 Å². The molecule has 20 heteroatoms. The van der Waals surface area contributed by atoms with E-state index in [1.165, 1.54) is 9.96 Å². The number of imide groups is 1. The second-order valence-electron chi connectivity index (χ2n) is 26.7. The fourth-order valence-electron chi connectivity index (χ4n) is 14.6. The highest BCUT2D eigenvalue weighted by molar-refractivity contribution is 6.13. The maximum atomic E-state index is 14.5. The molecule has 3 unspecified atom stereocenters. The summed E-state index contributed by atoms with van der Waals surface area (Å²) >= 11 is 0. The van der Waals surface area contributed by atoms with Gasteiger partial charge in [-0.3, -0.25) is 57.8 Å². The molecule has 0 bridgehead atoms. The van der Waals surface area contributed by atoms with Gasteiger partial charge in [0.1, 0.15) is 5.54 Å². The average molecular weight is 1200 g/mol. The van der Waals surface area contributed by atoms with Crippen LogP contribution in [-0.4, -0.2) is 200 Å². The van der Waals surface area contributed by atoms with Gasteiger partial charge in [0, 0.05) is 86.2 Å². The van der Waals surface area contributed by atoms with Crippen LogP contribution in [0.25, 0.3) is 0 Å². The number of carbonyl (C=O) groups is 9. The molecule has 482 valence electrons. The zero-order valence-corrected chi connectivity index (χ0v) is 55.1. The van der Waals surface area contributed by atoms with Crippen LogP contribution in [0.5, 0.6) is 0 Å². The molecule has 3 heterocycles. The van der Waals surface area contributed by atoms with E-state index in [0.717, 1.165) is 44.1 Å². The summed E-state index contributed by atoms with van der Waals surface area (Å²) in [6.45, 7) is 26.5. The second kappa shape index (κ2) is 30.9. The van der Waals surface area contributed by atoms with Gasteiger partial charge in [0.25, 0.3) is 5.91 Å². The Morgan fingerprint density at radius 2 is 1.46 bits per heavy atom. The molecule has 0 aromatic rings. The highest BCUT2D eigenvalue weighted by Gasteiger charge is 2.83. The van der Waals surface area contributed by atoms with Gasteiger partial charge in [0.15, 0.2) is 5.78 Å². The van der Waals surface area contributed by atoms with Gasteiger partial charge in [-0.05, 0) is 107 Å². The van der Waals surface area contributed by atoms with Gasteiger partial charge < -0.3 is 34.8 Å². The lowest BCUT2D eigenvalue weighted by Gasteiger charge is -2.36. The van der Waals surface area contributed by atoms with E-state index in [1.807, 2.05) is 79.2 Å². The smallest absolute Gasteiger partial charge is 0.272 e. The molecule has 0 aromatic carbocycles. The third-order valence-electron chi connectivity index (χ3n) is 20.6. The predicted molar refractivity (Wildman–Crippen MR) is 326 cm³/mol. The van der Waals surface area contributed by atoms with Gasteiger partial charge >= 0.3 is 0 Å². The average Bonchev–Trinajstić information content (AvgIpc) is 1.48. The number of hydrogen-bond acceptors (Lipinski definition) is 13. The van der Waals surface area contributed by atoms with E-state index in [1.54, 1.807) is 45.0 Å². The van der Waals surface area contributed by atoms with Crippen LogP contribution in [0, 0.1) is 52.3 Å². The van der Waals surface area contributed by atoms with Crippen molar-refractivity contribution in [3.05, 3.63) is 11.6 Å². The van der Waals surface area contributed by atoms with Crippen molar-refractivity contribution >= 4 is 53.0 Å². The number of methoxy groups -OCH3 is 2. The molecule has 85 heavy (non-hydrogen) atoms. The lowest BCUT2D eigenvalue weighted by atomic mass is 9.83. The number of hydroxylamine groups is 2. The number of ketones is 1. The van der Waals surface area contributed by atoms with Crippen molar-refractivity contribution in [1.29, 1.82) is 0 Å². The first kappa shape index (κ1) is 71.0. The Morgan fingerprint density at radius 3 is 1.98 bits per heavy atom. The number of likely N-dealkylation sites (N-methyl/N-ethyl adjacent to an activating group) is 3. The molecule has 13 atom stereocenters. The molecule has 8 amide bonds. The lowest BCUT2D eigenvalue weighted by molar-refractivity contribution is -0.201. The zero-order valence-electron chi connectivity index (χ0n) is 55.1. The standard InChI is InChI=1S/C65H110N8O12/c1-18-44(10)47(50(83-16)39-53(77)71-31-24-27-48(71)56(84-17)45(11)58(78)67-65(40-46(65)19-2)62(82)73-33-22-23-36-85-73)37-43(9)38-49(74)54(41(5)6)66-59(79)55(42(7)8)70(15)30-25-28-51(75)68(13)34-35-69(14)52(76)29-26-32-72-60(80)57-63(12,20-3)64(57,21-4)61(72)81/h37,41-42,44-48,50,54-57H,18-36,38-40H2,1-17H3,(H,66,79)(H,67,78)/b43-37+/t44-,45+,46-,47-,48-,50+,54-,55-,56+,57?,63?,64?,65-/m0/s1. The van der Waals surface area contributed by atoms with Crippen LogP contribution < -0.4 is 10.6 Å². The molecule has 0 aromatic heterocycles. The van der Waals surface area contributed by atoms with Crippen molar-refractivity contribution in [1.82, 2.24) is 40.2 Å². The van der Waals surface area contributed by atoms with E-state index in [9.17, 15) is 43.2 Å². The first-order chi connectivity index (χ1) is 40.1. The van der Waals surface area contributed by atoms with Crippen LogP contribution in [0.15, 0.2) is 11.6 Å². The SMILES string of the molecule is CC[C@H]1C[C@@]1(NC(=O)[C@H](C)[C@@H](OC)[C@@H]1CCCN1C(=O)C[C@@H](OC)[C@@H](/C=C(\C)CC(=O)[C@@H](NC(=O)[C@H](C(C)C)N(C)CCCC(=O)N(C)CCN(C)C(=O)CCCN1C(=O)C2C(C)(CC)C2(CC)C1=O)C(C)C)[C@@H](C)CC)C(=O)N1CCCCO1. The van der Waals surface area contributed by atoms with Gasteiger partial charge in [0.2, 0.25) is 41.4 Å². The third kappa shape index (κ3) is 15.7. The second-order valence-corrected chi connectivity index (χ2v) is 26.7. The Balaban J connectivity index is 1.10. The zero-order chi connectivity index (χ0) is 63.5. The van der Waals surface area contributed by atoms with Crippen LogP contribution in [-0.2, 0) is 57.5 Å². The number of piperidine rings is 1. The van der Waals surface area contributed by atoms with Crippen LogP contribution >= 0.6 is 0 Å². The number of rotatable bonds is 35. The predicted octanol–water partition coefficient (Wildman–Crippen LogP) is 6.83. The third-order valence-corrected chi connectivity index (χ3v) is 20.6. The van der Waals surface area contributed by atoms with Crippen molar-refractivity contribution in [2.45, 2.75) is 215 Å². The molecular weight excluding hydrogens is 1080 g/mol. The van der Waals surface area contributed by atoms with Crippen molar-refractivity contribution in [3.63, 3.8) is 0 Å². The molecule has 3 saturated heterocycles. The Morgan fingerprint density at radius 1 is 0.812 bits per heavy atom. The monoisotopic (exact) mass is 1190 g/mol. The van der Waals surface area contributed by atoms with Crippen LogP contribution in [0.3, 0.4) is 0 Å². The van der Waals surface area contributed by atoms with Gasteiger partial charge in [-0.2, -0.15) is 0 Å². The van der Waals surface area contributed by atoms with E-state index in [2.05, 4.69) is 30.6 Å². The Hall–Kier alpha value is -4.79. The van der Waals surface area contributed by atoms with Gasteiger partial charge in [-0.15, -0.1) is 0 Å². The highest BCUT2D eigenvalue weighted by atomic mass is 16.7. The van der Waals surface area contributed by atoms with Crippen molar-refractivity contribution in [3.8, 4) is 0 Å². The quantitative estimate of drug-likeness (QED) is 0.0491. The number of Topliss-reactive ketones (excluding diaryl/α,β-unsaturated/α-hetero) is 1. The van der Waals surface area contributed by atoms with E-state index in [0.29, 0.717) is 71.4 Å². The molecule has 5 rings (SSSR count). The Bertz CT molecular complexity index is 2390. The molecule has 0 radical (unpaired) electrons. The number of ether oxygens (including phenoxy) is 2. The summed E-state index contributed by atoms with van der Waals surface area (Å²) in [6.07, 6.45) is 9.03. The van der Waals surface area contributed by atoms with Crippen LogP contribution in [0.2, 0.25) is 0 Å². The Labute approximate surface area is 509 Å². The van der Waals surface area contributed by atoms with Crippen LogP contribution in [0.1, 0.15) is 179 Å². The molecular formula is C65H110N8O12. The maximum absolute atomic E-state index is 14.5. The Kier molecular flexibility index (Phi) is 25.8. The number of fused-ring (bicyclic) bond motifs is 1. The number of amides is 8. The number of nitrogens with one attached hydrogen (secondary N) is 2. The number of allylic oxidation sites excluding steroid dienone is 1. The van der Waals surface area contributed by atoms with Gasteiger partial charge in [-0.1, -0.05) is 101 Å². The fraction of sp³-hybridized carbons (Fsp3) is 0.831. The topological polar surface area (TPSA) is 225 Å². The number of nitrogens with zero attached hydrogens (tertiary/aromatic N) is 6. The van der Waals surface area contributed by atoms with Crippen LogP contribution in [0.4, 0.5) is 0 Å². The largest absolute Gasteiger partial charge is 0.380 e. The number of likely N-dealkylation sites (tertiary alicyclic amines) is 2. The summed E-state index contributed by atoms with van der Waals surface area (Å²) in [6, 6.07) is -1.70. The normalized spacial score (nSPS) is 26.4. The van der Waals surface area contributed by atoms with E-state index in [-0.39, 0.29) is 132 Å². The lowest BCUT2D eigenvalue weighted by Crippen LogP contribution is -2.56. The number of carbonyl (C=O) groups excluding carboxylic acids is 9. The molecule has 0 spiro atoms. The van der Waals surface area contributed by atoms with Gasteiger partial charge in [0.05, 0.1) is 60.6 Å². The summed E-state index contributed by atoms with van der Waals surface area (Å²) in [5, 5.41) is 7.65. The molecule has 20 nitrogen and oxygen atoms in total. The summed E-state index contributed by atoms with van der Waals surface area (Å²) < 4.78 is 12.2. The summed E-state index contributed by atoms with van der Waals surface area (Å²) in [4.78, 5) is 138. The summed E-state index contributed by atoms with van der Waals surface area (Å²) in [5.41, 5.74) is -1.08. The van der Waals surface area contributed by atoms with Crippen molar-refractivity contribution in [2.75, 3.05) is 81.2 Å². The molecule has 5 fully saturated rings. The molecule has 2 N–H and O–H groups in total. The highest BCUT2D eigenvalue weighted by Crippen LogP contribution is 2.76. The van der Waals surface area contributed by atoms with E-state index in [4.69, 9.17) is 14.3 Å². The summed E-state index contributed by atoms with van der Waals surface area (Å²) in [7, 11) is 8.43. The van der Waals surface area contributed by atoms with Crippen molar-refractivity contribution in [2.24, 2.45) is 52.3 Å². The summed E-state index contributed by atoms with van der Waals surface area (Å²) in [5.74, 6) is -2.76. The minimum Gasteiger partial charge on any atom is -0.380 e. The first-order valence-corrected chi connectivity index (χ1v) is 32.3. The molecule has 3 aliphatic heterocycles. The molecule has 2 aliphatic carbocycles. The number of hydrogen-bond donors (Lipinski definition) is 2. The maximum Gasteiger partial charge on any atom is 0.272 e. The van der Waals surface area contributed by atoms with Crippen molar-refractivity contribution < 1.29 is 57.5 Å². The molecule has 2 saturated carbocycles. The minimum absolute atomic E-state index is 0.0117.